The van der Waals surface area contributed by atoms with Crippen LogP contribution in [0.5, 0.6) is 0 Å². The number of amides is 2. The largest absolute Gasteiger partial charge is 0.330 e. The van der Waals surface area contributed by atoms with E-state index in [0.717, 1.165) is 33.5 Å². The van der Waals surface area contributed by atoms with Gasteiger partial charge in [-0.3, -0.25) is 19.3 Å². The van der Waals surface area contributed by atoms with Gasteiger partial charge < -0.3 is 14.4 Å². The minimum Gasteiger partial charge on any atom is -0.330 e. The maximum atomic E-state index is 14.5. The van der Waals surface area contributed by atoms with E-state index in [1.54, 1.807) is 45.1 Å². The number of benzene rings is 3. The summed E-state index contributed by atoms with van der Waals surface area (Å²) < 4.78 is 32.4. The summed E-state index contributed by atoms with van der Waals surface area (Å²) >= 11 is 0. The number of nitrogens with zero attached hydrogens (tertiary/aromatic N) is 6. The summed E-state index contributed by atoms with van der Waals surface area (Å²) in [6, 6.07) is 25.2. The Morgan fingerprint density at radius 1 is 0.723 bits per heavy atom. The van der Waals surface area contributed by atoms with Crippen LogP contribution in [0.3, 0.4) is 0 Å². The smallest absolute Gasteiger partial charge is 0.273 e. The standard InChI is InChI=1S/C19H15FN2O.C18H15FN4O/c20-18-11-16(21-9-3-4-10-21)8-7-15(18)13-22-12-14-5-1-2-6-17(14)19(22)23;1-22-9-15(8-21-22)12-4-5-13(16(19)7-12)10-23-11-14-3-2-6-20-17(14)18(23)24/h1-11H,12-13H2;2-9H,10-11H2,1H3. The summed E-state index contributed by atoms with van der Waals surface area (Å²) in [6.07, 6.45) is 8.87. The summed E-state index contributed by atoms with van der Waals surface area (Å²) in [5.41, 5.74) is 6.48. The van der Waals surface area contributed by atoms with Gasteiger partial charge in [0.2, 0.25) is 0 Å². The Morgan fingerprint density at radius 2 is 1.40 bits per heavy atom. The number of hydrogen-bond acceptors (Lipinski definition) is 4. The number of rotatable bonds is 6. The molecule has 0 saturated heterocycles. The monoisotopic (exact) mass is 628 g/mol. The van der Waals surface area contributed by atoms with Gasteiger partial charge in [0.25, 0.3) is 11.8 Å². The number of aryl methyl sites for hydroxylation is 1. The molecule has 0 fully saturated rings. The van der Waals surface area contributed by atoms with Gasteiger partial charge in [-0.15, -0.1) is 0 Å². The molecular weight excluding hydrogens is 598 g/mol. The molecule has 3 aromatic carbocycles. The third-order valence-corrected chi connectivity index (χ3v) is 8.39. The van der Waals surface area contributed by atoms with Gasteiger partial charge in [0.15, 0.2) is 0 Å². The summed E-state index contributed by atoms with van der Waals surface area (Å²) in [6.45, 7) is 1.51. The highest BCUT2D eigenvalue weighted by molar-refractivity contribution is 5.98. The average Bonchev–Trinajstić information content (AvgIpc) is 3.89. The predicted octanol–water partition coefficient (Wildman–Crippen LogP) is 6.55. The first kappa shape index (κ1) is 29.8. The first-order chi connectivity index (χ1) is 22.8. The molecule has 0 radical (unpaired) electrons. The van der Waals surface area contributed by atoms with Gasteiger partial charge >= 0.3 is 0 Å². The molecule has 0 bridgehead atoms. The molecule has 0 N–H and O–H groups in total. The van der Waals surface area contributed by atoms with Crippen molar-refractivity contribution in [3.05, 3.63) is 161 Å². The lowest BCUT2D eigenvalue weighted by Crippen LogP contribution is -2.24. The average molecular weight is 629 g/mol. The molecule has 8 nitrogen and oxygen atoms in total. The lowest BCUT2D eigenvalue weighted by Gasteiger charge is -2.16. The van der Waals surface area contributed by atoms with Crippen LogP contribution in [0.4, 0.5) is 8.78 Å². The van der Waals surface area contributed by atoms with Crippen LogP contribution in [0.1, 0.15) is 43.1 Å². The van der Waals surface area contributed by atoms with Crippen LogP contribution < -0.4 is 0 Å². The molecule has 8 rings (SSSR count). The van der Waals surface area contributed by atoms with Crippen molar-refractivity contribution in [3.63, 3.8) is 0 Å². The minimum absolute atomic E-state index is 0.0329. The number of carbonyl (C=O) groups is 2. The zero-order valence-electron chi connectivity index (χ0n) is 25.6. The fraction of sp³-hybridized carbons (Fsp3) is 0.135. The number of aromatic nitrogens is 4. The lowest BCUT2D eigenvalue weighted by atomic mass is 10.1. The highest BCUT2D eigenvalue weighted by atomic mass is 19.1. The summed E-state index contributed by atoms with van der Waals surface area (Å²) in [4.78, 5) is 32.1. The van der Waals surface area contributed by atoms with Gasteiger partial charge in [-0.25, -0.2) is 8.78 Å². The predicted molar refractivity (Wildman–Crippen MR) is 172 cm³/mol. The second kappa shape index (κ2) is 12.5. The number of halogens is 2. The van der Waals surface area contributed by atoms with Gasteiger partial charge in [-0.1, -0.05) is 42.5 Å². The molecule has 10 heteroatoms. The Bertz CT molecular complexity index is 2110. The molecule has 0 atom stereocenters. The molecule has 5 heterocycles. The molecule has 3 aromatic heterocycles. The topological polar surface area (TPSA) is 76.3 Å². The maximum absolute atomic E-state index is 14.5. The zero-order valence-corrected chi connectivity index (χ0v) is 25.6. The van der Waals surface area contributed by atoms with E-state index in [1.165, 1.54) is 12.1 Å². The Balaban J connectivity index is 0.000000150. The van der Waals surface area contributed by atoms with Crippen molar-refractivity contribution in [3.8, 4) is 16.8 Å². The van der Waals surface area contributed by atoms with Crippen LogP contribution >= 0.6 is 0 Å². The molecule has 2 aliphatic heterocycles. The molecule has 0 saturated carbocycles. The second-order valence-electron chi connectivity index (χ2n) is 11.6. The molecular formula is C37H30F2N6O2. The second-order valence-corrected chi connectivity index (χ2v) is 11.6. The number of fused-ring (bicyclic) bond motifs is 2. The molecule has 234 valence electrons. The fourth-order valence-electron chi connectivity index (χ4n) is 5.92. The van der Waals surface area contributed by atoms with E-state index < -0.39 is 0 Å². The Morgan fingerprint density at radius 3 is 2.09 bits per heavy atom. The normalized spacial score (nSPS) is 13.4. The Hall–Kier alpha value is -5.90. The van der Waals surface area contributed by atoms with Gasteiger partial charge in [0.05, 0.1) is 6.20 Å². The van der Waals surface area contributed by atoms with Crippen molar-refractivity contribution < 1.29 is 18.4 Å². The van der Waals surface area contributed by atoms with E-state index in [-0.39, 0.29) is 36.5 Å². The van der Waals surface area contributed by atoms with Gasteiger partial charge in [-0.05, 0) is 53.6 Å². The Labute approximate surface area is 270 Å². The third kappa shape index (κ3) is 6.05. The molecule has 6 aromatic rings. The van der Waals surface area contributed by atoms with Crippen molar-refractivity contribution in [2.24, 2.45) is 7.05 Å². The molecule has 47 heavy (non-hydrogen) atoms. The highest BCUT2D eigenvalue weighted by Crippen LogP contribution is 2.27. The van der Waals surface area contributed by atoms with Crippen molar-refractivity contribution >= 4 is 11.8 Å². The molecule has 2 amide bonds. The summed E-state index contributed by atoms with van der Waals surface area (Å²) in [7, 11) is 1.82. The summed E-state index contributed by atoms with van der Waals surface area (Å²) in [5, 5.41) is 4.10. The zero-order chi connectivity index (χ0) is 32.5. The third-order valence-electron chi connectivity index (χ3n) is 8.39. The molecule has 0 aliphatic carbocycles. The van der Waals surface area contributed by atoms with Crippen LogP contribution in [0.2, 0.25) is 0 Å². The summed E-state index contributed by atoms with van der Waals surface area (Å²) in [5.74, 6) is -0.802. The van der Waals surface area contributed by atoms with E-state index in [2.05, 4.69) is 10.1 Å². The van der Waals surface area contributed by atoms with Crippen LogP contribution in [-0.4, -0.2) is 40.9 Å². The van der Waals surface area contributed by atoms with Gasteiger partial charge in [-0.2, -0.15) is 5.10 Å². The van der Waals surface area contributed by atoms with Crippen LogP contribution in [-0.2, 0) is 33.2 Å². The van der Waals surface area contributed by atoms with Crippen LogP contribution in [0, 0.1) is 11.6 Å². The van der Waals surface area contributed by atoms with Crippen molar-refractivity contribution in [2.45, 2.75) is 26.2 Å². The first-order valence-electron chi connectivity index (χ1n) is 15.1. The van der Waals surface area contributed by atoms with Gasteiger partial charge in [0, 0.05) is 91.5 Å². The molecule has 2 aliphatic rings. The number of carbonyl (C=O) groups excluding carboxylic acids is 2. The van der Waals surface area contributed by atoms with E-state index >= 15 is 0 Å². The van der Waals surface area contributed by atoms with Crippen LogP contribution in [0.25, 0.3) is 16.8 Å². The minimum atomic E-state index is -0.326. The molecule has 0 unspecified atom stereocenters. The first-order valence-corrected chi connectivity index (χ1v) is 15.1. The van der Waals surface area contributed by atoms with Gasteiger partial charge in [0.1, 0.15) is 17.3 Å². The van der Waals surface area contributed by atoms with Crippen molar-refractivity contribution in [1.82, 2.24) is 29.1 Å². The SMILES string of the molecule is Cn1cc(-c2ccc(CN3Cc4cccnc4C3=O)c(F)c2)cn1.O=C1c2ccccc2CN1Cc1ccc(-n2cccc2)cc1F. The maximum Gasteiger partial charge on any atom is 0.273 e. The quantitative estimate of drug-likeness (QED) is 0.210. The lowest BCUT2D eigenvalue weighted by molar-refractivity contribution is 0.0755. The van der Waals surface area contributed by atoms with E-state index in [4.69, 9.17) is 0 Å². The number of pyridine rings is 1. The van der Waals surface area contributed by atoms with E-state index in [0.29, 0.717) is 29.9 Å². The number of hydrogen-bond donors (Lipinski definition) is 0. The fourth-order valence-corrected chi connectivity index (χ4v) is 5.92. The Kier molecular flexibility index (Phi) is 7.91. The molecule has 0 spiro atoms. The van der Waals surface area contributed by atoms with E-state index in [9.17, 15) is 18.4 Å². The van der Waals surface area contributed by atoms with Crippen molar-refractivity contribution in [2.75, 3.05) is 0 Å². The van der Waals surface area contributed by atoms with Crippen LogP contribution in [0.15, 0.2) is 116 Å². The highest BCUT2D eigenvalue weighted by Gasteiger charge is 2.29. The van der Waals surface area contributed by atoms with E-state index in [1.807, 2.05) is 84.8 Å². The van der Waals surface area contributed by atoms with Crippen molar-refractivity contribution in [1.29, 1.82) is 0 Å².